The van der Waals surface area contributed by atoms with E-state index in [4.69, 9.17) is 83.2 Å². The highest BCUT2D eigenvalue weighted by Gasteiger charge is 2.28. The van der Waals surface area contributed by atoms with Gasteiger partial charge >= 0.3 is 8.60 Å². The summed E-state index contributed by atoms with van der Waals surface area (Å²) in [4.78, 5) is 0. The van der Waals surface area contributed by atoms with Crippen LogP contribution < -0.4 is 0 Å². The van der Waals surface area contributed by atoms with E-state index in [1.165, 1.54) is 57.8 Å². The molecule has 3 nitrogen and oxygen atoms in total. The maximum absolute atomic E-state index is 5.74. The highest BCUT2D eigenvalue weighted by Crippen LogP contribution is 2.45. The molecule has 0 aliphatic carbocycles. The molecule has 10 heteroatoms. The average Bonchev–Trinajstić information content (AvgIpc) is 2.68. The SMILES string of the molecule is CC(C)CCCC(C)CCCC(C)CCCC(C)CCOP(OCC(Cl)(Cl)Cl)OCC(Cl)(Cl)Cl. The van der Waals surface area contributed by atoms with Crippen LogP contribution in [-0.2, 0) is 13.6 Å². The molecule has 0 rings (SSSR count). The Kier molecular flexibility index (Phi) is 21.2. The molecule has 0 bridgehead atoms. The first kappa shape index (κ1) is 36.0. The predicted molar refractivity (Wildman–Crippen MR) is 154 cm³/mol. The Balaban J connectivity index is 4.01. The summed E-state index contributed by atoms with van der Waals surface area (Å²) in [5.74, 6) is 3.00. The van der Waals surface area contributed by atoms with Gasteiger partial charge < -0.3 is 13.6 Å². The predicted octanol–water partition coefficient (Wildman–Crippen LogP) is 11.5. The van der Waals surface area contributed by atoms with E-state index >= 15 is 0 Å². The van der Waals surface area contributed by atoms with Gasteiger partial charge in [-0.2, -0.15) is 0 Å². The van der Waals surface area contributed by atoms with E-state index in [1.807, 2.05) is 0 Å². The highest BCUT2D eigenvalue weighted by molar-refractivity contribution is 7.41. The third-order valence-corrected chi connectivity index (χ3v) is 7.47. The van der Waals surface area contributed by atoms with Crippen LogP contribution in [0.4, 0.5) is 0 Å². The average molecular weight is 625 g/mol. The van der Waals surface area contributed by atoms with Crippen molar-refractivity contribution in [2.24, 2.45) is 23.7 Å². The lowest BCUT2D eigenvalue weighted by Crippen LogP contribution is -2.15. The molecule has 0 radical (unpaired) electrons. The molecule has 3 atom stereocenters. The molecule has 0 heterocycles. The number of alkyl halides is 6. The van der Waals surface area contributed by atoms with Crippen LogP contribution in [0.5, 0.6) is 0 Å². The van der Waals surface area contributed by atoms with E-state index in [0.29, 0.717) is 12.5 Å². The van der Waals surface area contributed by atoms with Crippen LogP contribution in [0.2, 0.25) is 0 Å². The quantitative estimate of drug-likeness (QED) is 0.0996. The van der Waals surface area contributed by atoms with Crippen LogP contribution >= 0.6 is 78.2 Å². The zero-order valence-corrected chi connectivity index (χ0v) is 26.9. The second-order valence-corrected chi connectivity index (χ2v) is 16.4. The Morgan fingerprint density at radius 3 is 1.24 bits per heavy atom. The normalized spacial score (nSPS) is 15.8. The van der Waals surface area contributed by atoms with Gasteiger partial charge in [0, 0.05) is 0 Å². The molecular weight excluding hydrogens is 580 g/mol. The topological polar surface area (TPSA) is 27.7 Å². The van der Waals surface area contributed by atoms with Crippen LogP contribution in [0, 0.1) is 23.7 Å². The van der Waals surface area contributed by atoms with Crippen LogP contribution in [0.25, 0.3) is 0 Å². The van der Waals surface area contributed by atoms with Crippen LogP contribution in [0.3, 0.4) is 0 Å². The maximum Gasteiger partial charge on any atom is 0.332 e. The Bertz CT molecular complexity index is 470. The van der Waals surface area contributed by atoms with Gasteiger partial charge in [-0.15, -0.1) is 0 Å². The molecule has 0 N–H and O–H groups in total. The zero-order valence-electron chi connectivity index (χ0n) is 21.4. The molecule has 0 spiro atoms. The van der Waals surface area contributed by atoms with Crippen molar-refractivity contribution in [2.75, 3.05) is 19.8 Å². The first-order valence-corrected chi connectivity index (χ1v) is 15.9. The molecule has 0 aliphatic heterocycles. The minimum absolute atomic E-state index is 0.173. The number of rotatable bonds is 20. The van der Waals surface area contributed by atoms with Gasteiger partial charge in [-0.25, -0.2) is 0 Å². The van der Waals surface area contributed by atoms with E-state index in [9.17, 15) is 0 Å². The largest absolute Gasteiger partial charge is 0.332 e. The fourth-order valence-corrected chi connectivity index (χ4v) is 5.49. The number of halogens is 6. The Hall–Kier alpha value is 2.05. The van der Waals surface area contributed by atoms with E-state index in [0.717, 1.165) is 24.2 Å². The van der Waals surface area contributed by atoms with Crippen molar-refractivity contribution in [1.82, 2.24) is 0 Å². The molecule has 0 aromatic carbocycles. The molecule has 0 aromatic rings. The molecule has 0 fully saturated rings. The van der Waals surface area contributed by atoms with E-state index in [-0.39, 0.29) is 13.2 Å². The highest BCUT2D eigenvalue weighted by atomic mass is 35.6. The lowest BCUT2D eigenvalue weighted by Gasteiger charge is -2.22. The Labute approximate surface area is 240 Å². The maximum atomic E-state index is 5.74. The summed E-state index contributed by atoms with van der Waals surface area (Å²) in [6.45, 7) is 11.8. The van der Waals surface area contributed by atoms with Gasteiger partial charge in [0.05, 0.1) is 6.61 Å². The van der Waals surface area contributed by atoms with Crippen molar-refractivity contribution in [3.8, 4) is 0 Å². The van der Waals surface area contributed by atoms with Crippen molar-refractivity contribution >= 4 is 78.2 Å². The van der Waals surface area contributed by atoms with Crippen molar-refractivity contribution in [3.63, 3.8) is 0 Å². The summed E-state index contributed by atoms with van der Waals surface area (Å²) in [6, 6.07) is 0. The molecule has 3 unspecified atom stereocenters. The van der Waals surface area contributed by atoms with Gasteiger partial charge in [-0.1, -0.05) is 162 Å². The van der Waals surface area contributed by atoms with Crippen LogP contribution in [-0.4, -0.2) is 27.4 Å². The second-order valence-electron chi connectivity index (χ2n) is 10.1. The third-order valence-electron chi connectivity index (χ3n) is 5.74. The molecule has 0 aliphatic rings. The Morgan fingerprint density at radius 2 is 0.882 bits per heavy atom. The Morgan fingerprint density at radius 1 is 0.529 bits per heavy atom. The molecule has 206 valence electrons. The van der Waals surface area contributed by atoms with Crippen LogP contribution in [0.15, 0.2) is 0 Å². The summed E-state index contributed by atoms with van der Waals surface area (Å²) < 4.78 is 13.4. The lowest BCUT2D eigenvalue weighted by molar-refractivity contribution is 0.156. The van der Waals surface area contributed by atoms with Crippen molar-refractivity contribution < 1.29 is 13.6 Å². The van der Waals surface area contributed by atoms with Gasteiger partial charge in [0.2, 0.25) is 7.59 Å². The number of hydrogen-bond donors (Lipinski definition) is 0. The van der Waals surface area contributed by atoms with E-state index in [1.54, 1.807) is 0 Å². The summed E-state index contributed by atoms with van der Waals surface area (Å²) >= 11 is 34.4. The molecule has 34 heavy (non-hydrogen) atoms. The van der Waals surface area contributed by atoms with Gasteiger partial charge in [0.1, 0.15) is 13.2 Å². The zero-order chi connectivity index (χ0) is 26.2. The molecule has 0 amide bonds. The van der Waals surface area contributed by atoms with Crippen molar-refractivity contribution in [2.45, 2.75) is 106 Å². The van der Waals surface area contributed by atoms with Crippen LogP contribution in [0.1, 0.15) is 98.8 Å². The summed E-state index contributed by atoms with van der Waals surface area (Å²) in [5.41, 5.74) is 0. The fraction of sp³-hybridized carbons (Fsp3) is 1.00. The van der Waals surface area contributed by atoms with E-state index < -0.39 is 16.2 Å². The van der Waals surface area contributed by atoms with Crippen molar-refractivity contribution in [1.29, 1.82) is 0 Å². The second kappa shape index (κ2) is 20.0. The molecular formula is C24H45Cl6O3P. The van der Waals surface area contributed by atoms with E-state index in [2.05, 4.69) is 34.6 Å². The van der Waals surface area contributed by atoms with Crippen molar-refractivity contribution in [3.05, 3.63) is 0 Å². The smallest absolute Gasteiger partial charge is 0.312 e. The summed E-state index contributed by atoms with van der Waals surface area (Å²) in [7, 11) is -1.77. The minimum Gasteiger partial charge on any atom is -0.312 e. The summed E-state index contributed by atoms with van der Waals surface area (Å²) in [6.07, 6.45) is 12.7. The first-order chi connectivity index (χ1) is 15.7. The monoisotopic (exact) mass is 622 g/mol. The van der Waals surface area contributed by atoms with Gasteiger partial charge in [-0.05, 0) is 30.1 Å². The van der Waals surface area contributed by atoms with Gasteiger partial charge in [0.15, 0.2) is 0 Å². The first-order valence-electron chi connectivity index (χ1n) is 12.5. The standard InChI is InChI=1S/C24H45Cl6O3P/c1-19(2)9-6-10-20(3)11-7-12-21(4)13-8-14-22(5)15-16-31-34(32-17-23(25,26)27)33-18-24(28,29)30/h19-22H,6-18H2,1-5H3. The third kappa shape index (κ3) is 25.7. The summed E-state index contributed by atoms with van der Waals surface area (Å²) in [5, 5.41) is 0. The molecule has 0 saturated carbocycles. The van der Waals surface area contributed by atoms with Gasteiger partial charge in [0.25, 0.3) is 0 Å². The number of hydrogen-bond acceptors (Lipinski definition) is 3. The molecule has 0 aromatic heterocycles. The van der Waals surface area contributed by atoms with Gasteiger partial charge in [-0.3, -0.25) is 0 Å². The lowest BCUT2D eigenvalue weighted by atomic mass is 9.91. The minimum atomic E-state index is -1.77. The fourth-order valence-electron chi connectivity index (χ4n) is 3.63. The molecule has 0 saturated heterocycles.